The maximum Gasteiger partial charge on any atom is 0.340 e. The molecule has 0 saturated carbocycles. The van der Waals surface area contributed by atoms with Gasteiger partial charge < -0.3 is 19.1 Å². The molecule has 1 unspecified atom stereocenters. The van der Waals surface area contributed by atoms with E-state index in [4.69, 9.17) is 30.8 Å². The maximum atomic E-state index is 12.9. The molecule has 9 heteroatoms. The number of carbonyl (C=O) groups excluding carboxylic acids is 1. The van der Waals surface area contributed by atoms with Crippen LogP contribution in [0.25, 0.3) is 27.6 Å². The number of fused-ring (bicyclic) bond motifs is 2. The summed E-state index contributed by atoms with van der Waals surface area (Å²) in [4.78, 5) is 24.7. The first-order chi connectivity index (χ1) is 17.2. The van der Waals surface area contributed by atoms with Crippen molar-refractivity contribution in [1.82, 2.24) is 14.5 Å². The first-order valence-corrected chi connectivity index (χ1v) is 12.1. The summed E-state index contributed by atoms with van der Waals surface area (Å²) in [6.45, 7) is 4.04. The van der Waals surface area contributed by atoms with Gasteiger partial charge in [0.1, 0.15) is 11.3 Å². The SMILES string of the molecule is COC(=O)c1cc(N2CCOCC2)cc2c1nc(C1CCOC1)n2-c1ccnc2c(Cl)cccc12. The van der Waals surface area contributed by atoms with Crippen LogP contribution in [0.2, 0.25) is 5.02 Å². The number of para-hydroxylation sites is 1. The molecule has 0 amide bonds. The van der Waals surface area contributed by atoms with E-state index in [2.05, 4.69) is 20.5 Å². The minimum atomic E-state index is -0.411. The molecule has 0 radical (unpaired) electrons. The van der Waals surface area contributed by atoms with Crippen molar-refractivity contribution in [2.24, 2.45) is 0 Å². The van der Waals surface area contributed by atoms with Gasteiger partial charge in [0.05, 0.1) is 54.2 Å². The zero-order valence-corrected chi connectivity index (χ0v) is 20.1. The van der Waals surface area contributed by atoms with Gasteiger partial charge in [-0.15, -0.1) is 0 Å². The average Bonchev–Trinajstić information content (AvgIpc) is 3.56. The van der Waals surface area contributed by atoms with Crippen molar-refractivity contribution in [2.45, 2.75) is 12.3 Å². The molecular formula is C26H25ClN4O4. The number of aromatic nitrogens is 3. The van der Waals surface area contributed by atoms with Crippen molar-refractivity contribution in [3.8, 4) is 5.69 Å². The van der Waals surface area contributed by atoms with Gasteiger partial charge >= 0.3 is 5.97 Å². The molecule has 4 aromatic rings. The van der Waals surface area contributed by atoms with Crippen LogP contribution >= 0.6 is 11.6 Å². The van der Waals surface area contributed by atoms with Gasteiger partial charge in [0.25, 0.3) is 0 Å². The highest BCUT2D eigenvalue weighted by Gasteiger charge is 2.29. The van der Waals surface area contributed by atoms with Crippen LogP contribution in [-0.4, -0.2) is 67.1 Å². The zero-order valence-electron chi connectivity index (χ0n) is 19.4. The predicted octanol–water partition coefficient (Wildman–Crippen LogP) is 4.35. The maximum absolute atomic E-state index is 12.9. The molecule has 1 atom stereocenters. The van der Waals surface area contributed by atoms with E-state index in [0.29, 0.717) is 42.5 Å². The van der Waals surface area contributed by atoms with E-state index in [0.717, 1.165) is 53.1 Å². The van der Waals surface area contributed by atoms with E-state index < -0.39 is 5.97 Å². The number of nitrogens with zero attached hydrogens (tertiary/aromatic N) is 4. The van der Waals surface area contributed by atoms with Crippen molar-refractivity contribution in [3.63, 3.8) is 0 Å². The predicted molar refractivity (Wildman–Crippen MR) is 134 cm³/mol. The molecule has 4 heterocycles. The molecule has 8 nitrogen and oxygen atoms in total. The molecule has 0 aliphatic carbocycles. The first kappa shape index (κ1) is 22.3. The number of methoxy groups -OCH3 is 1. The van der Waals surface area contributed by atoms with E-state index in [-0.39, 0.29) is 5.92 Å². The molecular weight excluding hydrogens is 468 g/mol. The Morgan fingerprint density at radius 3 is 2.74 bits per heavy atom. The van der Waals surface area contributed by atoms with Crippen LogP contribution in [0, 0.1) is 0 Å². The van der Waals surface area contributed by atoms with E-state index in [1.165, 1.54) is 7.11 Å². The van der Waals surface area contributed by atoms with Crippen molar-refractivity contribution >= 4 is 45.2 Å². The molecule has 2 aliphatic heterocycles. The third-order valence-corrected chi connectivity index (χ3v) is 7.09. The lowest BCUT2D eigenvalue weighted by Gasteiger charge is -2.29. The van der Waals surface area contributed by atoms with Crippen LogP contribution < -0.4 is 4.90 Å². The standard InChI is InChI=1S/C26H25ClN4O4/c1-33-26(32)19-13-17(30-8-11-34-12-9-30)14-22-24(19)29-25(16-6-10-35-15-16)31(22)21-5-7-28-23-18(21)3-2-4-20(23)27/h2-5,7,13-14,16H,6,8-12,15H2,1H3. The number of pyridine rings is 1. The van der Waals surface area contributed by atoms with Crippen LogP contribution in [0.1, 0.15) is 28.5 Å². The highest BCUT2D eigenvalue weighted by atomic mass is 35.5. The number of hydrogen-bond acceptors (Lipinski definition) is 7. The monoisotopic (exact) mass is 492 g/mol. The second kappa shape index (κ2) is 9.11. The molecule has 2 aromatic carbocycles. The number of anilines is 1. The minimum Gasteiger partial charge on any atom is -0.465 e. The van der Waals surface area contributed by atoms with E-state index >= 15 is 0 Å². The van der Waals surface area contributed by atoms with Gasteiger partial charge in [0, 0.05) is 42.9 Å². The van der Waals surface area contributed by atoms with Crippen molar-refractivity contribution in [3.05, 3.63) is 59.0 Å². The summed E-state index contributed by atoms with van der Waals surface area (Å²) >= 11 is 6.50. The van der Waals surface area contributed by atoms with Gasteiger partial charge in [-0.05, 0) is 30.7 Å². The molecule has 35 heavy (non-hydrogen) atoms. The van der Waals surface area contributed by atoms with Gasteiger partial charge in [0.15, 0.2) is 0 Å². The highest BCUT2D eigenvalue weighted by molar-refractivity contribution is 6.35. The third kappa shape index (κ3) is 3.82. The minimum absolute atomic E-state index is 0.0992. The van der Waals surface area contributed by atoms with E-state index in [9.17, 15) is 4.79 Å². The quantitative estimate of drug-likeness (QED) is 0.392. The first-order valence-electron chi connectivity index (χ1n) is 11.7. The fraction of sp³-hybridized carbons (Fsp3) is 0.346. The number of morpholine rings is 1. The summed E-state index contributed by atoms with van der Waals surface area (Å²) in [5.74, 6) is 0.544. The Balaban J connectivity index is 1.68. The van der Waals surface area contributed by atoms with E-state index in [1.807, 2.05) is 30.3 Å². The zero-order chi connectivity index (χ0) is 23.9. The summed E-state index contributed by atoms with van der Waals surface area (Å²) < 4.78 is 18.6. The Morgan fingerprint density at radius 2 is 1.97 bits per heavy atom. The Labute approximate surface area is 207 Å². The lowest BCUT2D eigenvalue weighted by molar-refractivity contribution is 0.0603. The Morgan fingerprint density at radius 1 is 1.11 bits per heavy atom. The molecule has 2 aromatic heterocycles. The molecule has 0 spiro atoms. The number of imidazole rings is 1. The van der Waals surface area contributed by atoms with E-state index in [1.54, 1.807) is 6.20 Å². The number of rotatable bonds is 4. The number of benzene rings is 2. The summed E-state index contributed by atoms with van der Waals surface area (Å²) in [7, 11) is 1.40. The molecule has 180 valence electrons. The number of hydrogen-bond donors (Lipinski definition) is 0. The Bertz CT molecular complexity index is 1420. The van der Waals surface area contributed by atoms with Crippen molar-refractivity contribution < 1.29 is 19.0 Å². The van der Waals surface area contributed by atoms with Crippen LogP contribution in [0.5, 0.6) is 0 Å². The normalized spacial score (nSPS) is 18.5. The van der Waals surface area contributed by atoms with Gasteiger partial charge in [-0.3, -0.25) is 9.55 Å². The van der Waals surface area contributed by atoms with Crippen molar-refractivity contribution in [1.29, 1.82) is 0 Å². The van der Waals surface area contributed by atoms with Gasteiger partial charge in [-0.2, -0.15) is 0 Å². The number of ether oxygens (including phenoxy) is 3. The second-order valence-electron chi connectivity index (χ2n) is 8.78. The topological polar surface area (TPSA) is 78.7 Å². The number of esters is 1. The third-order valence-electron chi connectivity index (χ3n) is 6.79. The van der Waals surface area contributed by atoms with Gasteiger partial charge in [0.2, 0.25) is 0 Å². The van der Waals surface area contributed by atoms with Gasteiger partial charge in [-0.25, -0.2) is 9.78 Å². The molecule has 2 saturated heterocycles. The lowest BCUT2D eigenvalue weighted by Crippen LogP contribution is -2.36. The fourth-order valence-electron chi connectivity index (χ4n) is 5.04. The van der Waals surface area contributed by atoms with Crippen LogP contribution in [0.15, 0.2) is 42.6 Å². The number of halogens is 1. The largest absolute Gasteiger partial charge is 0.465 e. The van der Waals surface area contributed by atoms with Crippen LogP contribution in [0.4, 0.5) is 5.69 Å². The molecule has 0 bridgehead atoms. The lowest BCUT2D eigenvalue weighted by atomic mass is 10.1. The molecule has 2 fully saturated rings. The Kier molecular flexibility index (Phi) is 5.80. The summed E-state index contributed by atoms with van der Waals surface area (Å²) in [6.07, 6.45) is 2.62. The van der Waals surface area contributed by atoms with Gasteiger partial charge in [-0.1, -0.05) is 23.7 Å². The molecule has 6 rings (SSSR count). The Hall–Kier alpha value is -3.20. The summed E-state index contributed by atoms with van der Waals surface area (Å²) in [5, 5.41) is 1.50. The summed E-state index contributed by atoms with van der Waals surface area (Å²) in [6, 6.07) is 11.7. The second-order valence-corrected chi connectivity index (χ2v) is 9.19. The fourth-order valence-corrected chi connectivity index (χ4v) is 5.26. The van der Waals surface area contributed by atoms with Crippen LogP contribution in [0.3, 0.4) is 0 Å². The van der Waals surface area contributed by atoms with Crippen molar-refractivity contribution in [2.75, 3.05) is 51.5 Å². The average molecular weight is 493 g/mol. The smallest absolute Gasteiger partial charge is 0.340 e. The van der Waals surface area contributed by atoms with Crippen LogP contribution in [-0.2, 0) is 14.2 Å². The molecule has 2 aliphatic rings. The summed E-state index contributed by atoms with van der Waals surface area (Å²) in [5.41, 5.74) is 4.47. The molecule has 0 N–H and O–H groups in total. The number of carbonyl (C=O) groups is 1. The highest BCUT2D eigenvalue weighted by Crippen LogP contribution is 2.37.